The lowest BCUT2D eigenvalue weighted by Crippen LogP contribution is -2.30. The Labute approximate surface area is 173 Å². The first kappa shape index (κ1) is 20.8. The molecule has 5 heteroatoms. The van der Waals surface area contributed by atoms with Gasteiger partial charge in [0.15, 0.2) is 6.29 Å². The zero-order valence-electron chi connectivity index (χ0n) is 17.2. The van der Waals surface area contributed by atoms with Crippen molar-refractivity contribution in [1.29, 1.82) is 0 Å². The second kappa shape index (κ2) is 10.0. The van der Waals surface area contributed by atoms with E-state index in [4.69, 9.17) is 14.2 Å². The molecular weight excluding hydrogens is 371 g/mol. The maximum atomic E-state index is 13.0. The number of hydrogen-bond acceptors (Lipinski definition) is 4. The van der Waals surface area contributed by atoms with E-state index in [9.17, 15) is 9.18 Å². The predicted molar refractivity (Wildman–Crippen MR) is 108 cm³/mol. The molecule has 1 aromatic rings. The van der Waals surface area contributed by atoms with Gasteiger partial charge in [-0.3, -0.25) is 0 Å². The maximum absolute atomic E-state index is 13.0. The van der Waals surface area contributed by atoms with Crippen LogP contribution < -0.4 is 0 Å². The molecule has 3 aliphatic rings. The fourth-order valence-electron chi connectivity index (χ4n) is 5.38. The van der Waals surface area contributed by atoms with Crippen LogP contribution in [0.2, 0.25) is 0 Å². The van der Waals surface area contributed by atoms with Crippen molar-refractivity contribution in [2.24, 2.45) is 17.8 Å². The average Bonchev–Trinajstić information content (AvgIpc) is 3.27. The number of esters is 1. The molecule has 0 aromatic heterocycles. The van der Waals surface area contributed by atoms with E-state index in [-0.39, 0.29) is 24.2 Å². The van der Waals surface area contributed by atoms with Crippen LogP contribution in [0.15, 0.2) is 24.3 Å². The van der Waals surface area contributed by atoms with E-state index >= 15 is 0 Å². The van der Waals surface area contributed by atoms with Crippen molar-refractivity contribution in [3.05, 3.63) is 35.6 Å². The van der Waals surface area contributed by atoms with E-state index in [1.165, 1.54) is 56.4 Å². The molecule has 160 valence electrons. The van der Waals surface area contributed by atoms with Crippen molar-refractivity contribution >= 4 is 5.97 Å². The molecule has 1 saturated heterocycles. The topological polar surface area (TPSA) is 44.8 Å². The number of ether oxygens (including phenoxy) is 3. The summed E-state index contributed by atoms with van der Waals surface area (Å²) in [6.45, 7) is 1.50. The van der Waals surface area contributed by atoms with Gasteiger partial charge < -0.3 is 14.2 Å². The Bertz CT molecular complexity index is 639. The van der Waals surface area contributed by atoms with Crippen LogP contribution in [0.4, 0.5) is 4.39 Å². The van der Waals surface area contributed by atoms with Gasteiger partial charge in [-0.15, -0.1) is 0 Å². The fourth-order valence-corrected chi connectivity index (χ4v) is 5.38. The molecular formula is C24H33FO4. The SMILES string of the molecule is O=C(O[C@H]1CC[C@H]([C@H]2CC[C@H](CCC3OCCO3)CC2)CC1)c1ccc(F)cc1. The summed E-state index contributed by atoms with van der Waals surface area (Å²) in [5, 5.41) is 0. The van der Waals surface area contributed by atoms with Crippen LogP contribution in [-0.2, 0) is 14.2 Å². The van der Waals surface area contributed by atoms with E-state index in [2.05, 4.69) is 0 Å². The van der Waals surface area contributed by atoms with Crippen molar-refractivity contribution in [2.75, 3.05) is 13.2 Å². The molecule has 0 amide bonds. The van der Waals surface area contributed by atoms with Crippen LogP contribution in [0.1, 0.15) is 74.6 Å². The summed E-state index contributed by atoms with van der Waals surface area (Å²) in [6.07, 6.45) is 11.9. The van der Waals surface area contributed by atoms with Crippen LogP contribution >= 0.6 is 0 Å². The van der Waals surface area contributed by atoms with Gasteiger partial charge >= 0.3 is 5.97 Å². The van der Waals surface area contributed by atoms with Crippen LogP contribution in [-0.4, -0.2) is 31.6 Å². The summed E-state index contributed by atoms with van der Waals surface area (Å²) >= 11 is 0. The van der Waals surface area contributed by atoms with Crippen LogP contribution in [0, 0.1) is 23.6 Å². The Hall–Kier alpha value is -1.46. The standard InChI is InChI=1S/C24H33FO4/c25-21-10-6-20(7-11-21)24(26)29-22-12-8-19(9-13-22)18-4-1-17(2-5-18)3-14-23-27-15-16-28-23/h6-7,10-11,17-19,22-23H,1-5,8-9,12-16H2/t17-,18-,19-,22-. The summed E-state index contributed by atoms with van der Waals surface area (Å²) in [7, 11) is 0. The smallest absolute Gasteiger partial charge is 0.338 e. The third-order valence-corrected chi connectivity index (χ3v) is 7.13. The quantitative estimate of drug-likeness (QED) is 0.587. The minimum atomic E-state index is -0.336. The zero-order chi connectivity index (χ0) is 20.1. The Morgan fingerprint density at radius 2 is 1.45 bits per heavy atom. The van der Waals surface area contributed by atoms with Gasteiger partial charge in [-0.25, -0.2) is 9.18 Å². The van der Waals surface area contributed by atoms with E-state index in [0.29, 0.717) is 5.56 Å². The lowest BCUT2D eigenvalue weighted by molar-refractivity contribution is -0.0515. The van der Waals surface area contributed by atoms with Crippen molar-refractivity contribution in [1.82, 2.24) is 0 Å². The van der Waals surface area contributed by atoms with Crippen LogP contribution in [0.25, 0.3) is 0 Å². The molecule has 1 aromatic carbocycles. The second-order valence-corrected chi connectivity index (χ2v) is 8.98. The van der Waals surface area contributed by atoms with E-state index in [1.807, 2.05) is 0 Å². The largest absolute Gasteiger partial charge is 0.459 e. The molecule has 0 bridgehead atoms. The Morgan fingerprint density at radius 1 is 0.862 bits per heavy atom. The maximum Gasteiger partial charge on any atom is 0.338 e. The van der Waals surface area contributed by atoms with Crippen molar-refractivity contribution in [2.45, 2.75) is 76.6 Å². The number of benzene rings is 1. The monoisotopic (exact) mass is 404 g/mol. The molecule has 29 heavy (non-hydrogen) atoms. The van der Waals surface area contributed by atoms with Gasteiger partial charge in [0.1, 0.15) is 11.9 Å². The van der Waals surface area contributed by atoms with Crippen LogP contribution in [0.3, 0.4) is 0 Å². The Balaban J connectivity index is 1.14. The first-order chi connectivity index (χ1) is 14.2. The number of rotatable bonds is 6. The van der Waals surface area contributed by atoms with Crippen molar-refractivity contribution < 1.29 is 23.4 Å². The lowest BCUT2D eigenvalue weighted by atomic mass is 9.70. The molecule has 0 spiro atoms. The predicted octanol–water partition coefficient (Wildman–Crippen LogP) is 5.50. The molecule has 2 saturated carbocycles. The summed E-state index contributed by atoms with van der Waals surface area (Å²) < 4.78 is 29.8. The van der Waals surface area contributed by atoms with Crippen molar-refractivity contribution in [3.63, 3.8) is 0 Å². The minimum absolute atomic E-state index is 0.00607. The van der Waals surface area contributed by atoms with E-state index in [0.717, 1.165) is 63.1 Å². The number of halogens is 1. The van der Waals surface area contributed by atoms with Gasteiger partial charge in [-0.05, 0) is 93.4 Å². The molecule has 4 rings (SSSR count). The molecule has 0 radical (unpaired) electrons. The number of hydrogen-bond donors (Lipinski definition) is 0. The van der Waals surface area contributed by atoms with Gasteiger partial charge in [0.25, 0.3) is 0 Å². The number of carbonyl (C=O) groups is 1. The normalized spacial score (nSPS) is 30.9. The van der Waals surface area contributed by atoms with Crippen molar-refractivity contribution in [3.8, 4) is 0 Å². The average molecular weight is 405 g/mol. The molecule has 0 unspecified atom stereocenters. The first-order valence-electron chi connectivity index (χ1n) is 11.4. The summed E-state index contributed by atoms with van der Waals surface area (Å²) in [5.74, 6) is 1.77. The molecule has 3 fully saturated rings. The van der Waals surface area contributed by atoms with E-state index in [1.54, 1.807) is 0 Å². The van der Waals surface area contributed by atoms with Crippen LogP contribution in [0.5, 0.6) is 0 Å². The van der Waals surface area contributed by atoms with Gasteiger partial charge in [0, 0.05) is 0 Å². The second-order valence-electron chi connectivity index (χ2n) is 8.98. The third kappa shape index (κ3) is 5.79. The molecule has 0 atom stereocenters. The highest BCUT2D eigenvalue weighted by molar-refractivity contribution is 5.89. The first-order valence-corrected chi connectivity index (χ1v) is 11.4. The zero-order valence-corrected chi connectivity index (χ0v) is 17.2. The van der Waals surface area contributed by atoms with Gasteiger partial charge in [0.2, 0.25) is 0 Å². The van der Waals surface area contributed by atoms with Gasteiger partial charge in [0.05, 0.1) is 18.8 Å². The third-order valence-electron chi connectivity index (χ3n) is 7.13. The molecule has 0 N–H and O–H groups in total. The minimum Gasteiger partial charge on any atom is -0.459 e. The summed E-state index contributed by atoms with van der Waals surface area (Å²) in [6, 6.07) is 5.59. The summed E-state index contributed by atoms with van der Waals surface area (Å²) in [5.41, 5.74) is 0.431. The van der Waals surface area contributed by atoms with E-state index < -0.39 is 0 Å². The fraction of sp³-hybridized carbons (Fsp3) is 0.708. The molecule has 1 aliphatic heterocycles. The van der Waals surface area contributed by atoms with Gasteiger partial charge in [-0.1, -0.05) is 12.8 Å². The molecule has 4 nitrogen and oxygen atoms in total. The Kier molecular flexibility index (Phi) is 7.20. The highest BCUT2D eigenvalue weighted by Gasteiger charge is 2.32. The van der Waals surface area contributed by atoms with Gasteiger partial charge in [-0.2, -0.15) is 0 Å². The lowest BCUT2D eigenvalue weighted by Gasteiger charge is -2.37. The number of carbonyl (C=O) groups excluding carboxylic acids is 1. The Morgan fingerprint density at radius 3 is 2.07 bits per heavy atom. The summed E-state index contributed by atoms with van der Waals surface area (Å²) in [4.78, 5) is 12.2. The highest BCUT2D eigenvalue weighted by atomic mass is 19.1. The molecule has 1 heterocycles. The molecule has 2 aliphatic carbocycles. The highest BCUT2D eigenvalue weighted by Crippen LogP contribution is 2.41.